The van der Waals surface area contributed by atoms with Gasteiger partial charge in [-0.1, -0.05) is 0 Å². The zero-order chi connectivity index (χ0) is 13.7. The van der Waals surface area contributed by atoms with Gasteiger partial charge in [0.05, 0.1) is 11.8 Å². The Labute approximate surface area is 110 Å². The number of nitroso groups, excluding NO2 is 1. The predicted octanol–water partition coefficient (Wildman–Crippen LogP) is 0.235. The number of amides is 2. The molecule has 0 aromatic rings. The van der Waals surface area contributed by atoms with Crippen molar-refractivity contribution in [1.82, 2.24) is 4.90 Å². The van der Waals surface area contributed by atoms with Crippen molar-refractivity contribution in [1.29, 1.82) is 0 Å². The molecule has 1 rings (SSSR count). The summed E-state index contributed by atoms with van der Waals surface area (Å²) in [6.07, 6.45) is 0.579. The number of hydrogen-bond donors (Lipinski definition) is 0. The number of rotatable bonds is 7. The fourth-order valence-corrected chi connectivity index (χ4v) is 2.82. The number of likely N-dealkylation sites (tertiary alicyclic amines) is 1. The van der Waals surface area contributed by atoms with Crippen LogP contribution in [0, 0.1) is 4.91 Å². The molecule has 0 aromatic heterocycles. The molecule has 2 amide bonds. The second-order valence-corrected chi connectivity index (χ2v) is 5.56. The van der Waals surface area contributed by atoms with E-state index in [1.807, 2.05) is 0 Å². The fraction of sp³-hybridized carbons (Fsp3) is 0.727. The zero-order valence-corrected chi connectivity index (χ0v) is 11.4. The number of carbonyl (C=O) groups is 3. The molecular formula is C11H17N2O4S+. The van der Waals surface area contributed by atoms with Crippen molar-refractivity contribution in [3.8, 4) is 0 Å². The molecule has 1 saturated heterocycles. The Balaban J connectivity index is 2.45. The fourth-order valence-electron chi connectivity index (χ4n) is 1.60. The number of Topliss-reactive ketones (excluding diaryl/α,β-unsaturated/α-hetero) is 1. The van der Waals surface area contributed by atoms with E-state index in [0.717, 1.165) is 4.90 Å². The highest BCUT2D eigenvalue weighted by molar-refractivity contribution is 8.00. The maximum atomic E-state index is 11.9. The summed E-state index contributed by atoms with van der Waals surface area (Å²) in [5.41, 5.74) is 0. The minimum Gasteiger partial charge on any atom is -0.300 e. The van der Waals surface area contributed by atoms with Gasteiger partial charge >= 0.3 is 0 Å². The van der Waals surface area contributed by atoms with Gasteiger partial charge in [0.25, 0.3) is 0 Å². The van der Waals surface area contributed by atoms with Crippen molar-refractivity contribution in [3.05, 3.63) is 4.91 Å². The Kier molecular flexibility index (Phi) is 5.46. The number of imide groups is 1. The maximum Gasteiger partial charge on any atom is 0.243 e. The summed E-state index contributed by atoms with van der Waals surface area (Å²) in [6, 6.07) is 0. The Hall–Kier alpha value is -1.24. The van der Waals surface area contributed by atoms with Gasteiger partial charge < -0.3 is 0 Å². The van der Waals surface area contributed by atoms with Gasteiger partial charge in [0.1, 0.15) is 5.78 Å². The van der Waals surface area contributed by atoms with E-state index in [-0.39, 0.29) is 37.1 Å². The first-order valence-electron chi connectivity index (χ1n) is 5.75. The maximum absolute atomic E-state index is 11.9. The number of likely N-dealkylation sites (N-methyl/N-ethyl adjacent to an activating group) is 1. The van der Waals surface area contributed by atoms with Crippen LogP contribution in [0.2, 0.25) is 0 Å². The summed E-state index contributed by atoms with van der Waals surface area (Å²) >= 11 is 1.34. The highest BCUT2D eigenvalue weighted by Crippen LogP contribution is 2.25. The summed E-state index contributed by atoms with van der Waals surface area (Å²) < 4.78 is 0.691. The molecule has 0 N–H and O–H groups in total. The summed E-state index contributed by atoms with van der Waals surface area (Å²) in [5.74, 6) is 0.149. The first-order chi connectivity index (χ1) is 8.41. The summed E-state index contributed by atoms with van der Waals surface area (Å²) in [7, 11) is 1.35. The van der Waals surface area contributed by atoms with Crippen LogP contribution in [0.15, 0.2) is 0 Å². The number of hydrogen-bond acceptors (Lipinski definition) is 5. The molecule has 0 spiro atoms. The molecule has 1 aliphatic rings. The topological polar surface area (TPSA) is 74.5 Å². The lowest BCUT2D eigenvalue weighted by molar-refractivity contribution is -0.518. The van der Waals surface area contributed by atoms with Gasteiger partial charge in [0, 0.05) is 23.5 Å². The highest BCUT2D eigenvalue weighted by Gasteiger charge is 2.39. The van der Waals surface area contributed by atoms with Gasteiger partial charge in [-0.3, -0.25) is 19.3 Å². The monoisotopic (exact) mass is 273 g/mol. The zero-order valence-electron chi connectivity index (χ0n) is 10.5. The van der Waals surface area contributed by atoms with Crippen LogP contribution in [0.25, 0.3) is 0 Å². The van der Waals surface area contributed by atoms with E-state index in [1.54, 1.807) is 0 Å². The van der Waals surface area contributed by atoms with Crippen molar-refractivity contribution in [3.63, 3.8) is 0 Å². The second-order valence-electron chi connectivity index (χ2n) is 4.25. The van der Waals surface area contributed by atoms with Crippen LogP contribution in [0.1, 0.15) is 19.8 Å². The molecule has 1 heterocycles. The minimum absolute atomic E-state index is 0.0732. The van der Waals surface area contributed by atoms with Crippen LogP contribution in [-0.4, -0.2) is 58.4 Å². The number of thioether (sulfide) groups is 1. The third-order valence-electron chi connectivity index (χ3n) is 2.61. The van der Waals surface area contributed by atoms with E-state index in [2.05, 4.69) is 0 Å². The summed E-state index contributed by atoms with van der Waals surface area (Å²) in [5, 5.41) is -0.395. The molecule has 1 aliphatic heterocycles. The molecule has 7 heteroatoms. The van der Waals surface area contributed by atoms with Gasteiger partial charge in [-0.15, -0.1) is 11.8 Å². The average Bonchev–Trinajstić information content (AvgIpc) is 2.51. The Bertz CT molecular complexity index is 383. The van der Waals surface area contributed by atoms with Crippen molar-refractivity contribution >= 4 is 29.4 Å². The van der Waals surface area contributed by atoms with E-state index < -0.39 is 5.25 Å². The molecule has 0 aliphatic carbocycles. The van der Waals surface area contributed by atoms with E-state index in [4.69, 9.17) is 0 Å². The van der Waals surface area contributed by atoms with Gasteiger partial charge in [-0.25, -0.2) is 0 Å². The molecule has 0 aromatic carbocycles. The van der Waals surface area contributed by atoms with E-state index in [1.165, 1.54) is 25.7 Å². The highest BCUT2D eigenvalue weighted by atomic mass is 32.2. The molecule has 0 radical (unpaired) electrons. The van der Waals surface area contributed by atoms with Crippen LogP contribution in [-0.2, 0) is 14.4 Å². The smallest absolute Gasteiger partial charge is 0.243 e. The summed E-state index contributed by atoms with van der Waals surface area (Å²) in [4.78, 5) is 46.2. The first-order valence-corrected chi connectivity index (χ1v) is 6.80. The SMILES string of the molecule is CC(=O)CCSC1CC(=O)N(CC[N+](C)=O)C1=O. The van der Waals surface area contributed by atoms with Crippen LogP contribution in [0.4, 0.5) is 0 Å². The summed E-state index contributed by atoms with van der Waals surface area (Å²) in [6.45, 7) is 1.77. The molecule has 0 saturated carbocycles. The number of nitrogens with zero attached hydrogens (tertiary/aromatic N) is 2. The van der Waals surface area contributed by atoms with E-state index in [9.17, 15) is 19.3 Å². The van der Waals surface area contributed by atoms with Crippen molar-refractivity contribution < 1.29 is 19.1 Å². The Morgan fingerprint density at radius 1 is 1.50 bits per heavy atom. The van der Waals surface area contributed by atoms with Crippen LogP contribution < -0.4 is 0 Å². The van der Waals surface area contributed by atoms with Gasteiger partial charge in [0.2, 0.25) is 18.4 Å². The Morgan fingerprint density at radius 3 is 2.72 bits per heavy atom. The van der Waals surface area contributed by atoms with E-state index in [0.29, 0.717) is 16.9 Å². The van der Waals surface area contributed by atoms with Crippen molar-refractivity contribution in [2.45, 2.75) is 25.0 Å². The molecule has 1 unspecified atom stereocenters. The van der Waals surface area contributed by atoms with E-state index >= 15 is 0 Å². The first kappa shape index (κ1) is 14.8. The lowest BCUT2D eigenvalue weighted by atomic mass is 10.3. The molecule has 0 bridgehead atoms. The van der Waals surface area contributed by atoms with Gasteiger partial charge in [0.15, 0.2) is 7.05 Å². The number of ketones is 1. The quantitative estimate of drug-likeness (QED) is 0.490. The van der Waals surface area contributed by atoms with Crippen molar-refractivity contribution in [2.75, 3.05) is 25.9 Å². The second kappa shape index (κ2) is 6.63. The molecular weight excluding hydrogens is 256 g/mol. The molecule has 6 nitrogen and oxygen atoms in total. The Morgan fingerprint density at radius 2 is 2.17 bits per heavy atom. The average molecular weight is 273 g/mol. The van der Waals surface area contributed by atoms with Crippen LogP contribution in [0.5, 0.6) is 0 Å². The lowest BCUT2D eigenvalue weighted by Crippen LogP contribution is -2.35. The van der Waals surface area contributed by atoms with Gasteiger partial charge in [-0.05, 0) is 11.7 Å². The van der Waals surface area contributed by atoms with Gasteiger partial charge in [-0.2, -0.15) is 0 Å². The third kappa shape index (κ3) is 4.21. The molecule has 18 heavy (non-hydrogen) atoms. The normalized spacial score (nSPS) is 19.4. The predicted molar refractivity (Wildman–Crippen MR) is 67.3 cm³/mol. The standard InChI is InChI=1S/C11H17N2O4S/c1-8(14)3-6-18-9-7-10(15)13(11(9)16)5-4-12(2)17/h9H,3-7H2,1-2H3/q+1. The minimum atomic E-state index is -0.395. The molecule has 1 atom stereocenters. The molecule has 100 valence electrons. The lowest BCUT2D eigenvalue weighted by Gasteiger charge is -2.11. The largest absolute Gasteiger partial charge is 0.300 e. The van der Waals surface area contributed by atoms with Crippen LogP contribution >= 0.6 is 11.8 Å². The van der Waals surface area contributed by atoms with Crippen LogP contribution in [0.3, 0.4) is 0 Å². The van der Waals surface area contributed by atoms with Crippen molar-refractivity contribution in [2.24, 2.45) is 0 Å². The molecule has 1 fully saturated rings. The third-order valence-corrected chi connectivity index (χ3v) is 3.82. The number of carbonyl (C=O) groups excluding carboxylic acids is 3.